The van der Waals surface area contributed by atoms with Crippen LogP contribution in [0.3, 0.4) is 0 Å². The number of fused-ring (bicyclic) bond motifs is 1. The molecule has 2 aliphatic rings. The van der Waals surface area contributed by atoms with Crippen LogP contribution in [0.4, 0.5) is 0 Å². The maximum absolute atomic E-state index is 12.9. The molecule has 0 spiro atoms. The molecule has 0 aliphatic carbocycles. The fourth-order valence-electron chi connectivity index (χ4n) is 3.82. The highest BCUT2D eigenvalue weighted by atomic mass is 32.2. The van der Waals surface area contributed by atoms with E-state index in [0.717, 1.165) is 9.87 Å². The van der Waals surface area contributed by atoms with Gasteiger partial charge in [-0.2, -0.15) is 0 Å². The van der Waals surface area contributed by atoms with E-state index in [1.54, 1.807) is 6.07 Å². The second-order valence-electron chi connectivity index (χ2n) is 8.20. The number of aryl methyl sites for hydroxylation is 1. The van der Waals surface area contributed by atoms with Crippen molar-refractivity contribution in [1.29, 1.82) is 0 Å². The minimum absolute atomic E-state index is 0.0518. The molecule has 29 heavy (non-hydrogen) atoms. The molecule has 0 radical (unpaired) electrons. The maximum Gasteiger partial charge on any atom is 0.258 e. The van der Waals surface area contributed by atoms with Crippen molar-refractivity contribution in [3.63, 3.8) is 0 Å². The third-order valence-electron chi connectivity index (χ3n) is 5.16. The van der Waals surface area contributed by atoms with Gasteiger partial charge in [0.2, 0.25) is 10.0 Å². The molecule has 0 aromatic heterocycles. The Labute approximate surface area is 172 Å². The fourth-order valence-corrected chi connectivity index (χ4v) is 5.42. The lowest BCUT2D eigenvalue weighted by Gasteiger charge is -2.25. The Bertz CT molecular complexity index is 871. The second kappa shape index (κ2) is 8.71. The lowest BCUT2D eigenvalue weighted by molar-refractivity contribution is -0.131. The summed E-state index contributed by atoms with van der Waals surface area (Å²) in [6, 6.07) is 6.73. The number of carbonyl (C=O) groups is 2. The van der Waals surface area contributed by atoms with Crippen molar-refractivity contribution in [2.24, 2.45) is 5.92 Å². The number of benzene rings is 1. The van der Waals surface area contributed by atoms with Crippen molar-refractivity contribution < 1.29 is 22.7 Å². The van der Waals surface area contributed by atoms with Crippen molar-refractivity contribution in [2.45, 2.75) is 39.3 Å². The van der Waals surface area contributed by atoms with E-state index in [1.165, 1.54) is 0 Å². The fraction of sp³-hybridized carbons (Fsp3) is 0.600. The first-order valence-electron chi connectivity index (χ1n) is 9.93. The number of nitrogens with one attached hydrogen (secondary N) is 1. The molecule has 0 saturated carbocycles. The molecule has 2 heterocycles. The lowest BCUT2D eigenvalue weighted by atomic mass is 10.1. The summed E-state index contributed by atoms with van der Waals surface area (Å²) >= 11 is 0. The zero-order valence-electron chi connectivity index (χ0n) is 17.1. The molecule has 1 aromatic rings. The standard InChI is InChI=1S/C20H29N3O5S/c1-14(2)11-23-20(25)18-10-16(12-22(18)7-8-29(23,26)27)21-19(24)13-28-17-6-4-5-15(3)9-17/h4-6,9,14,16,18H,7-8,10-13H2,1-3H3,(H,21,24). The molecular formula is C20H29N3O5S. The summed E-state index contributed by atoms with van der Waals surface area (Å²) in [4.78, 5) is 27.1. The summed E-state index contributed by atoms with van der Waals surface area (Å²) < 4.78 is 31.5. The normalized spacial score (nSPS) is 24.3. The number of hydrogen-bond donors (Lipinski definition) is 1. The van der Waals surface area contributed by atoms with E-state index >= 15 is 0 Å². The van der Waals surface area contributed by atoms with Crippen molar-refractivity contribution in [3.8, 4) is 5.75 Å². The van der Waals surface area contributed by atoms with Gasteiger partial charge in [-0.1, -0.05) is 26.0 Å². The molecule has 160 valence electrons. The second-order valence-corrected chi connectivity index (χ2v) is 10.2. The van der Waals surface area contributed by atoms with Gasteiger partial charge in [0.15, 0.2) is 6.61 Å². The molecule has 8 nitrogen and oxygen atoms in total. The number of carbonyl (C=O) groups excluding carboxylic acids is 2. The van der Waals surface area contributed by atoms with Crippen molar-refractivity contribution >= 4 is 21.8 Å². The number of nitrogens with zero attached hydrogens (tertiary/aromatic N) is 2. The molecule has 1 aromatic carbocycles. The molecule has 0 bridgehead atoms. The molecule has 2 fully saturated rings. The monoisotopic (exact) mass is 423 g/mol. The van der Waals surface area contributed by atoms with Crippen LogP contribution in [0.5, 0.6) is 5.75 Å². The highest BCUT2D eigenvalue weighted by molar-refractivity contribution is 7.89. The summed E-state index contributed by atoms with van der Waals surface area (Å²) in [6.45, 7) is 6.55. The molecule has 3 rings (SSSR count). The number of ether oxygens (including phenoxy) is 1. The molecule has 2 saturated heterocycles. The lowest BCUT2D eigenvalue weighted by Crippen LogP contribution is -2.45. The Morgan fingerprint density at radius 2 is 2.10 bits per heavy atom. The number of rotatable bonds is 6. The summed E-state index contributed by atoms with van der Waals surface area (Å²) in [5, 5.41) is 2.91. The van der Waals surface area contributed by atoms with E-state index in [-0.39, 0.29) is 42.7 Å². The largest absolute Gasteiger partial charge is 0.484 e. The van der Waals surface area contributed by atoms with Crippen LogP contribution in [-0.4, -0.2) is 73.5 Å². The molecule has 2 unspecified atom stereocenters. The Morgan fingerprint density at radius 3 is 2.79 bits per heavy atom. The Balaban J connectivity index is 1.58. The minimum Gasteiger partial charge on any atom is -0.484 e. The zero-order valence-corrected chi connectivity index (χ0v) is 17.9. The number of sulfonamides is 1. The van der Waals surface area contributed by atoms with E-state index in [1.807, 2.05) is 43.9 Å². The molecule has 2 aliphatic heterocycles. The van der Waals surface area contributed by atoms with Gasteiger partial charge in [-0.15, -0.1) is 0 Å². The first-order valence-corrected chi connectivity index (χ1v) is 11.5. The molecule has 1 N–H and O–H groups in total. The van der Waals surface area contributed by atoms with E-state index in [9.17, 15) is 18.0 Å². The maximum atomic E-state index is 12.9. The quantitative estimate of drug-likeness (QED) is 0.726. The van der Waals surface area contributed by atoms with Crippen LogP contribution < -0.4 is 10.1 Å². The SMILES string of the molecule is Cc1cccc(OCC(=O)NC2CC3C(=O)N(CC(C)C)S(=O)(=O)CCN3C2)c1. The molecule has 9 heteroatoms. The van der Waals surface area contributed by atoms with Gasteiger partial charge in [-0.05, 0) is 37.0 Å². The molecular weight excluding hydrogens is 394 g/mol. The van der Waals surface area contributed by atoms with Gasteiger partial charge in [0, 0.05) is 25.7 Å². The summed E-state index contributed by atoms with van der Waals surface area (Å²) in [5.41, 5.74) is 1.05. The first-order chi connectivity index (χ1) is 13.7. The van der Waals surface area contributed by atoms with E-state index in [4.69, 9.17) is 4.74 Å². The van der Waals surface area contributed by atoms with Gasteiger partial charge in [0.25, 0.3) is 11.8 Å². The van der Waals surface area contributed by atoms with Crippen molar-refractivity contribution in [2.75, 3.05) is 32.0 Å². The Kier molecular flexibility index (Phi) is 6.48. The third-order valence-corrected chi connectivity index (χ3v) is 6.86. The van der Waals surface area contributed by atoms with Gasteiger partial charge in [-0.25, -0.2) is 12.7 Å². The van der Waals surface area contributed by atoms with Gasteiger partial charge >= 0.3 is 0 Å². The van der Waals surface area contributed by atoms with Crippen LogP contribution in [0.15, 0.2) is 24.3 Å². The van der Waals surface area contributed by atoms with Gasteiger partial charge in [-0.3, -0.25) is 14.5 Å². The van der Waals surface area contributed by atoms with Crippen LogP contribution in [0.2, 0.25) is 0 Å². The van der Waals surface area contributed by atoms with Crippen molar-refractivity contribution in [1.82, 2.24) is 14.5 Å². The third kappa shape index (κ3) is 5.27. The summed E-state index contributed by atoms with van der Waals surface area (Å²) in [6.07, 6.45) is 0.402. The number of hydrogen-bond acceptors (Lipinski definition) is 6. The number of amides is 2. The zero-order chi connectivity index (χ0) is 21.2. The van der Waals surface area contributed by atoms with Crippen LogP contribution in [0.1, 0.15) is 25.8 Å². The Hall–Kier alpha value is -2.13. The average Bonchev–Trinajstić information content (AvgIpc) is 3.01. The van der Waals surface area contributed by atoms with Gasteiger partial charge in [0.05, 0.1) is 11.8 Å². The van der Waals surface area contributed by atoms with Crippen molar-refractivity contribution in [3.05, 3.63) is 29.8 Å². The van der Waals surface area contributed by atoms with Gasteiger partial charge in [0.1, 0.15) is 5.75 Å². The highest BCUT2D eigenvalue weighted by Gasteiger charge is 2.45. The minimum atomic E-state index is -3.59. The predicted molar refractivity (Wildman–Crippen MR) is 109 cm³/mol. The van der Waals surface area contributed by atoms with Crippen LogP contribution >= 0.6 is 0 Å². The van der Waals surface area contributed by atoms with E-state index < -0.39 is 16.1 Å². The van der Waals surface area contributed by atoms with E-state index in [0.29, 0.717) is 25.3 Å². The van der Waals surface area contributed by atoms with Gasteiger partial charge < -0.3 is 10.1 Å². The average molecular weight is 424 g/mol. The summed E-state index contributed by atoms with van der Waals surface area (Å²) in [5.74, 6) is -0.0441. The summed E-state index contributed by atoms with van der Waals surface area (Å²) in [7, 11) is -3.59. The Morgan fingerprint density at radius 1 is 1.34 bits per heavy atom. The smallest absolute Gasteiger partial charge is 0.258 e. The molecule has 2 atom stereocenters. The topological polar surface area (TPSA) is 96.0 Å². The van der Waals surface area contributed by atoms with Crippen LogP contribution in [0, 0.1) is 12.8 Å². The molecule has 2 amide bonds. The first kappa shape index (κ1) is 21.6. The van der Waals surface area contributed by atoms with E-state index in [2.05, 4.69) is 5.32 Å². The highest BCUT2D eigenvalue weighted by Crippen LogP contribution is 2.25. The van der Waals surface area contributed by atoms with Crippen LogP contribution in [-0.2, 0) is 19.6 Å². The predicted octanol–water partition coefficient (Wildman–Crippen LogP) is 0.761. The van der Waals surface area contributed by atoms with Crippen LogP contribution in [0.25, 0.3) is 0 Å².